The fraction of sp³-hybridized carbons (Fsp3) is 0.933. The maximum absolute atomic E-state index is 12.0. The van der Waals surface area contributed by atoms with Crippen molar-refractivity contribution >= 4 is 5.91 Å². The minimum Gasteiger partial charge on any atom is -0.340 e. The fourth-order valence-electron chi connectivity index (χ4n) is 2.23. The maximum Gasteiger partial charge on any atom is 0.222 e. The van der Waals surface area contributed by atoms with Gasteiger partial charge in [0.05, 0.1) is 0 Å². The van der Waals surface area contributed by atoms with Crippen LogP contribution in [0.3, 0.4) is 0 Å². The van der Waals surface area contributed by atoms with Crippen molar-refractivity contribution in [1.29, 1.82) is 0 Å². The summed E-state index contributed by atoms with van der Waals surface area (Å²) >= 11 is 0. The van der Waals surface area contributed by atoms with Crippen molar-refractivity contribution in [3.05, 3.63) is 0 Å². The van der Waals surface area contributed by atoms with Gasteiger partial charge in [0.2, 0.25) is 5.91 Å². The highest BCUT2D eigenvalue weighted by Crippen LogP contribution is 2.12. The van der Waals surface area contributed by atoms with Crippen LogP contribution in [0.1, 0.15) is 79.1 Å². The number of carbonyl (C=O) groups is 1. The lowest BCUT2D eigenvalue weighted by molar-refractivity contribution is -0.133. The van der Waals surface area contributed by atoms with Gasteiger partial charge in [-0.05, 0) is 26.2 Å². The lowest BCUT2D eigenvalue weighted by Gasteiger charge is -2.29. The van der Waals surface area contributed by atoms with Gasteiger partial charge >= 0.3 is 0 Å². The third-order valence-electron chi connectivity index (χ3n) is 3.28. The topological polar surface area (TPSA) is 20.3 Å². The third-order valence-corrected chi connectivity index (χ3v) is 3.28. The molecule has 0 rings (SSSR count). The summed E-state index contributed by atoms with van der Waals surface area (Å²) in [5.74, 6) is 0.352. The standard InChI is InChI=1S/C15H31NO/c1-5-8-9-10-13-16(14(4)11-6-2)15(17)12-7-3/h14H,5-13H2,1-4H3. The van der Waals surface area contributed by atoms with Crippen molar-refractivity contribution in [3.63, 3.8) is 0 Å². The first kappa shape index (κ1) is 16.5. The van der Waals surface area contributed by atoms with Crippen molar-refractivity contribution < 1.29 is 4.79 Å². The molecular weight excluding hydrogens is 210 g/mol. The normalized spacial score (nSPS) is 12.5. The number of hydrogen-bond donors (Lipinski definition) is 0. The molecule has 1 unspecified atom stereocenters. The predicted octanol–water partition coefficient (Wildman–Crippen LogP) is 4.38. The Morgan fingerprint density at radius 1 is 1.00 bits per heavy atom. The summed E-state index contributed by atoms with van der Waals surface area (Å²) in [4.78, 5) is 14.2. The Bertz CT molecular complexity index is 191. The number of amides is 1. The molecule has 0 aromatic heterocycles. The minimum absolute atomic E-state index is 0.352. The molecule has 0 aromatic rings. The molecule has 2 heteroatoms. The van der Waals surface area contributed by atoms with Gasteiger partial charge in [0.15, 0.2) is 0 Å². The van der Waals surface area contributed by atoms with E-state index in [1.165, 1.54) is 19.3 Å². The van der Waals surface area contributed by atoms with E-state index in [0.717, 1.165) is 32.2 Å². The Kier molecular flexibility index (Phi) is 10.3. The van der Waals surface area contributed by atoms with Crippen LogP contribution in [0, 0.1) is 0 Å². The molecule has 0 bridgehead atoms. The van der Waals surface area contributed by atoms with Gasteiger partial charge in [0.25, 0.3) is 0 Å². The Balaban J connectivity index is 4.14. The van der Waals surface area contributed by atoms with E-state index in [4.69, 9.17) is 0 Å². The van der Waals surface area contributed by atoms with Gasteiger partial charge in [-0.25, -0.2) is 0 Å². The number of rotatable bonds is 10. The second-order valence-corrected chi connectivity index (χ2v) is 5.04. The summed E-state index contributed by atoms with van der Waals surface area (Å²) in [5, 5.41) is 0. The Morgan fingerprint density at radius 2 is 1.71 bits per heavy atom. The first-order valence-corrected chi connectivity index (χ1v) is 7.46. The summed E-state index contributed by atoms with van der Waals surface area (Å²) in [7, 11) is 0. The van der Waals surface area contributed by atoms with Crippen LogP contribution in [0.15, 0.2) is 0 Å². The minimum atomic E-state index is 0.352. The summed E-state index contributed by atoms with van der Waals surface area (Å²) in [5.41, 5.74) is 0. The lowest BCUT2D eigenvalue weighted by Crippen LogP contribution is -2.39. The molecule has 0 spiro atoms. The van der Waals surface area contributed by atoms with Crippen LogP contribution in [-0.2, 0) is 4.79 Å². The molecule has 2 nitrogen and oxygen atoms in total. The first-order valence-electron chi connectivity index (χ1n) is 7.46. The third kappa shape index (κ3) is 7.40. The van der Waals surface area contributed by atoms with E-state index in [2.05, 4.69) is 32.6 Å². The molecule has 0 saturated heterocycles. The van der Waals surface area contributed by atoms with Gasteiger partial charge in [-0.2, -0.15) is 0 Å². The summed E-state index contributed by atoms with van der Waals surface area (Å²) in [6.45, 7) is 9.64. The molecule has 0 N–H and O–H groups in total. The molecule has 0 radical (unpaired) electrons. The van der Waals surface area contributed by atoms with E-state index in [-0.39, 0.29) is 0 Å². The van der Waals surface area contributed by atoms with Crippen molar-refractivity contribution in [2.45, 2.75) is 85.1 Å². The van der Waals surface area contributed by atoms with Crippen LogP contribution >= 0.6 is 0 Å². The molecule has 0 aromatic carbocycles. The Morgan fingerprint density at radius 3 is 2.24 bits per heavy atom. The molecule has 0 aliphatic carbocycles. The van der Waals surface area contributed by atoms with Gasteiger partial charge in [-0.15, -0.1) is 0 Å². The second kappa shape index (κ2) is 10.6. The fourth-order valence-corrected chi connectivity index (χ4v) is 2.23. The summed E-state index contributed by atoms with van der Waals surface area (Å²) in [6, 6.07) is 0.417. The molecule has 1 amide bonds. The van der Waals surface area contributed by atoms with Gasteiger partial charge < -0.3 is 4.90 Å². The molecule has 0 aliphatic heterocycles. The first-order chi connectivity index (χ1) is 8.17. The monoisotopic (exact) mass is 241 g/mol. The zero-order valence-electron chi connectivity index (χ0n) is 12.3. The van der Waals surface area contributed by atoms with E-state index >= 15 is 0 Å². The van der Waals surface area contributed by atoms with Crippen LogP contribution in [0.4, 0.5) is 0 Å². The molecule has 1 atom stereocenters. The smallest absolute Gasteiger partial charge is 0.222 e. The highest BCUT2D eigenvalue weighted by Gasteiger charge is 2.17. The highest BCUT2D eigenvalue weighted by atomic mass is 16.2. The number of unbranched alkanes of at least 4 members (excludes halogenated alkanes) is 3. The van der Waals surface area contributed by atoms with Crippen molar-refractivity contribution in [2.75, 3.05) is 6.54 Å². The Hall–Kier alpha value is -0.530. The highest BCUT2D eigenvalue weighted by molar-refractivity contribution is 5.76. The molecule has 0 heterocycles. The maximum atomic E-state index is 12.0. The summed E-state index contributed by atoms with van der Waals surface area (Å²) in [6.07, 6.45) is 8.92. The van der Waals surface area contributed by atoms with E-state index in [1.807, 2.05) is 0 Å². The average Bonchev–Trinajstić information content (AvgIpc) is 2.29. The second-order valence-electron chi connectivity index (χ2n) is 5.04. The van der Waals surface area contributed by atoms with Crippen LogP contribution in [0.25, 0.3) is 0 Å². The predicted molar refractivity (Wildman–Crippen MR) is 75.1 cm³/mol. The number of hydrogen-bond acceptors (Lipinski definition) is 1. The van der Waals surface area contributed by atoms with Crippen LogP contribution in [0.5, 0.6) is 0 Å². The SMILES string of the molecule is CCCCCCN(C(=O)CCC)C(C)CCC. The van der Waals surface area contributed by atoms with Crippen LogP contribution in [-0.4, -0.2) is 23.4 Å². The quantitative estimate of drug-likeness (QED) is 0.520. The summed E-state index contributed by atoms with van der Waals surface area (Å²) < 4.78 is 0. The molecule has 102 valence electrons. The lowest BCUT2D eigenvalue weighted by atomic mass is 10.1. The van der Waals surface area contributed by atoms with Crippen molar-refractivity contribution in [2.24, 2.45) is 0 Å². The van der Waals surface area contributed by atoms with Gasteiger partial charge in [-0.1, -0.05) is 46.5 Å². The average molecular weight is 241 g/mol. The number of carbonyl (C=O) groups excluding carboxylic acids is 1. The zero-order chi connectivity index (χ0) is 13.1. The molecular formula is C15H31NO. The zero-order valence-corrected chi connectivity index (χ0v) is 12.3. The van der Waals surface area contributed by atoms with Crippen LogP contribution < -0.4 is 0 Å². The van der Waals surface area contributed by atoms with Crippen molar-refractivity contribution in [3.8, 4) is 0 Å². The Labute approximate surface area is 108 Å². The van der Waals surface area contributed by atoms with Gasteiger partial charge in [0.1, 0.15) is 0 Å². The molecule has 0 fully saturated rings. The number of nitrogens with zero attached hydrogens (tertiary/aromatic N) is 1. The van der Waals surface area contributed by atoms with Crippen LogP contribution in [0.2, 0.25) is 0 Å². The van der Waals surface area contributed by atoms with Crippen molar-refractivity contribution in [1.82, 2.24) is 4.90 Å². The van der Waals surface area contributed by atoms with Gasteiger partial charge in [-0.3, -0.25) is 4.79 Å². The van der Waals surface area contributed by atoms with E-state index in [0.29, 0.717) is 18.4 Å². The molecule has 0 aliphatic rings. The molecule has 0 saturated carbocycles. The largest absolute Gasteiger partial charge is 0.340 e. The molecule has 17 heavy (non-hydrogen) atoms. The van der Waals surface area contributed by atoms with E-state index in [1.54, 1.807) is 0 Å². The van der Waals surface area contributed by atoms with E-state index in [9.17, 15) is 4.79 Å². The van der Waals surface area contributed by atoms with Gasteiger partial charge in [0, 0.05) is 19.0 Å². The van der Waals surface area contributed by atoms with E-state index < -0.39 is 0 Å².